The highest BCUT2D eigenvalue weighted by molar-refractivity contribution is 5.17. The van der Waals surface area contributed by atoms with Gasteiger partial charge in [0.2, 0.25) is 5.89 Å². The van der Waals surface area contributed by atoms with Crippen molar-refractivity contribution in [3.8, 4) is 0 Å². The Hall–Kier alpha value is -1.95. The van der Waals surface area contributed by atoms with Crippen LogP contribution in [-0.2, 0) is 13.0 Å². The lowest BCUT2D eigenvalue weighted by Crippen LogP contribution is -2.19. The molecule has 0 aliphatic rings. The lowest BCUT2D eigenvalue weighted by atomic mass is 10.2. The fraction of sp³-hybridized carbons (Fsp3) is 0.500. The Morgan fingerprint density at radius 1 is 1.25 bits per heavy atom. The van der Waals surface area contributed by atoms with E-state index in [4.69, 9.17) is 4.42 Å². The molecule has 0 radical (unpaired) electrons. The smallest absolute Gasteiger partial charge is 0.315 e. The van der Waals surface area contributed by atoms with Crippen LogP contribution in [0.25, 0.3) is 0 Å². The first-order valence-corrected chi connectivity index (χ1v) is 6.91. The molecule has 20 heavy (non-hydrogen) atoms. The van der Waals surface area contributed by atoms with E-state index in [1.165, 1.54) is 0 Å². The van der Waals surface area contributed by atoms with Crippen LogP contribution < -0.4 is 10.6 Å². The van der Waals surface area contributed by atoms with Crippen molar-refractivity contribution in [1.29, 1.82) is 0 Å². The second kappa shape index (κ2) is 7.59. The van der Waals surface area contributed by atoms with Gasteiger partial charge in [0.25, 0.3) is 0 Å². The van der Waals surface area contributed by atoms with Gasteiger partial charge in [0, 0.05) is 24.9 Å². The van der Waals surface area contributed by atoms with Crippen LogP contribution in [0.4, 0.5) is 6.01 Å². The number of aromatic nitrogens is 3. The fourth-order valence-electron chi connectivity index (χ4n) is 1.71. The predicted octanol–water partition coefficient (Wildman–Crippen LogP) is 1.86. The van der Waals surface area contributed by atoms with Gasteiger partial charge in [0.05, 0.1) is 6.54 Å². The highest BCUT2D eigenvalue weighted by Gasteiger charge is 2.05. The number of hydrogen-bond donors (Lipinski definition) is 2. The number of rotatable bonds is 8. The van der Waals surface area contributed by atoms with Gasteiger partial charge in [-0.1, -0.05) is 25.0 Å². The SMILES string of the molecule is CC(C)CNCc1nnc(NCCc2ccccn2)o1. The molecule has 0 aliphatic heterocycles. The van der Waals surface area contributed by atoms with Gasteiger partial charge in [0.1, 0.15) is 0 Å². The molecule has 6 nitrogen and oxygen atoms in total. The number of pyridine rings is 1. The maximum absolute atomic E-state index is 5.49. The van der Waals surface area contributed by atoms with Crippen LogP contribution in [0.5, 0.6) is 0 Å². The topological polar surface area (TPSA) is 75.9 Å². The minimum absolute atomic E-state index is 0.460. The molecule has 6 heteroatoms. The van der Waals surface area contributed by atoms with Crippen molar-refractivity contribution in [2.45, 2.75) is 26.8 Å². The lowest BCUT2D eigenvalue weighted by Gasteiger charge is -2.03. The van der Waals surface area contributed by atoms with Crippen LogP contribution in [0.3, 0.4) is 0 Å². The standard InChI is InChI=1S/C14H21N5O/c1-11(2)9-15-10-13-18-19-14(20-13)17-8-6-12-5-3-4-7-16-12/h3-5,7,11,15H,6,8-10H2,1-2H3,(H,17,19). The zero-order valence-corrected chi connectivity index (χ0v) is 12.0. The molecule has 0 atom stereocenters. The van der Waals surface area contributed by atoms with Gasteiger partial charge in [0.15, 0.2) is 0 Å². The first-order valence-electron chi connectivity index (χ1n) is 6.91. The van der Waals surface area contributed by atoms with Crippen molar-refractivity contribution in [3.63, 3.8) is 0 Å². The molecule has 0 spiro atoms. The van der Waals surface area contributed by atoms with Crippen LogP contribution in [0, 0.1) is 5.92 Å². The van der Waals surface area contributed by atoms with Gasteiger partial charge < -0.3 is 15.1 Å². The quantitative estimate of drug-likeness (QED) is 0.766. The summed E-state index contributed by atoms with van der Waals surface area (Å²) >= 11 is 0. The summed E-state index contributed by atoms with van der Waals surface area (Å²) in [4.78, 5) is 4.26. The van der Waals surface area contributed by atoms with Crippen LogP contribution >= 0.6 is 0 Å². The van der Waals surface area contributed by atoms with Crippen LogP contribution in [-0.4, -0.2) is 28.3 Å². The molecule has 2 heterocycles. The summed E-state index contributed by atoms with van der Waals surface area (Å²) in [5, 5.41) is 14.3. The summed E-state index contributed by atoms with van der Waals surface area (Å²) < 4.78 is 5.49. The molecule has 2 N–H and O–H groups in total. The molecule has 2 aromatic heterocycles. The molecule has 0 aliphatic carbocycles. The highest BCUT2D eigenvalue weighted by Crippen LogP contribution is 2.05. The van der Waals surface area contributed by atoms with E-state index in [0.29, 0.717) is 24.4 Å². The molecular formula is C14H21N5O. The van der Waals surface area contributed by atoms with Crippen LogP contribution in [0.15, 0.2) is 28.8 Å². The largest absolute Gasteiger partial charge is 0.407 e. The molecule has 0 fully saturated rings. The third kappa shape index (κ3) is 4.97. The van der Waals surface area contributed by atoms with Crippen LogP contribution in [0.1, 0.15) is 25.4 Å². The van der Waals surface area contributed by atoms with Crippen molar-refractivity contribution < 1.29 is 4.42 Å². The van der Waals surface area contributed by atoms with E-state index < -0.39 is 0 Å². The van der Waals surface area contributed by atoms with Gasteiger partial charge >= 0.3 is 6.01 Å². The Bertz CT molecular complexity index is 497. The Morgan fingerprint density at radius 3 is 2.90 bits per heavy atom. The average Bonchev–Trinajstić information content (AvgIpc) is 2.87. The van der Waals surface area contributed by atoms with E-state index in [1.807, 2.05) is 18.2 Å². The number of hydrogen-bond acceptors (Lipinski definition) is 6. The Morgan fingerprint density at radius 2 is 2.15 bits per heavy atom. The van der Waals surface area contributed by atoms with Gasteiger partial charge in [-0.05, 0) is 24.6 Å². The second-order valence-electron chi connectivity index (χ2n) is 5.02. The molecule has 0 saturated heterocycles. The van der Waals surface area contributed by atoms with Crippen molar-refractivity contribution in [2.75, 3.05) is 18.4 Å². The average molecular weight is 275 g/mol. The van der Waals surface area contributed by atoms with Crippen molar-refractivity contribution in [3.05, 3.63) is 36.0 Å². The van der Waals surface area contributed by atoms with Gasteiger partial charge in [-0.15, -0.1) is 5.10 Å². The zero-order chi connectivity index (χ0) is 14.2. The Labute approximate surface area is 119 Å². The van der Waals surface area contributed by atoms with E-state index in [0.717, 1.165) is 25.2 Å². The molecule has 0 aromatic carbocycles. The highest BCUT2D eigenvalue weighted by atomic mass is 16.4. The fourth-order valence-corrected chi connectivity index (χ4v) is 1.71. The molecule has 2 rings (SSSR count). The monoisotopic (exact) mass is 275 g/mol. The van der Waals surface area contributed by atoms with Crippen molar-refractivity contribution >= 4 is 6.01 Å². The third-order valence-electron chi connectivity index (χ3n) is 2.68. The lowest BCUT2D eigenvalue weighted by molar-refractivity contribution is 0.458. The Balaban J connectivity index is 1.70. The summed E-state index contributed by atoms with van der Waals surface area (Å²) in [5.41, 5.74) is 1.04. The number of nitrogens with one attached hydrogen (secondary N) is 2. The maximum Gasteiger partial charge on any atom is 0.315 e. The molecule has 2 aromatic rings. The maximum atomic E-state index is 5.49. The minimum Gasteiger partial charge on any atom is -0.407 e. The summed E-state index contributed by atoms with van der Waals surface area (Å²) in [7, 11) is 0. The van der Waals surface area contributed by atoms with Crippen LogP contribution in [0.2, 0.25) is 0 Å². The van der Waals surface area contributed by atoms with E-state index in [9.17, 15) is 0 Å². The second-order valence-corrected chi connectivity index (χ2v) is 5.02. The van der Waals surface area contributed by atoms with E-state index in [1.54, 1.807) is 6.20 Å². The molecule has 0 amide bonds. The van der Waals surface area contributed by atoms with Crippen molar-refractivity contribution in [2.24, 2.45) is 5.92 Å². The molecule has 108 valence electrons. The first-order chi connectivity index (χ1) is 9.74. The van der Waals surface area contributed by atoms with Gasteiger partial charge in [-0.3, -0.25) is 4.98 Å². The third-order valence-corrected chi connectivity index (χ3v) is 2.68. The van der Waals surface area contributed by atoms with E-state index in [2.05, 4.69) is 39.7 Å². The number of nitrogens with zero attached hydrogens (tertiary/aromatic N) is 3. The summed E-state index contributed by atoms with van der Waals surface area (Å²) in [5.74, 6) is 1.21. The molecule has 0 saturated carbocycles. The minimum atomic E-state index is 0.460. The summed E-state index contributed by atoms with van der Waals surface area (Å²) in [6, 6.07) is 6.35. The number of anilines is 1. The summed E-state index contributed by atoms with van der Waals surface area (Å²) in [6.07, 6.45) is 2.62. The van der Waals surface area contributed by atoms with Crippen molar-refractivity contribution in [1.82, 2.24) is 20.5 Å². The van der Waals surface area contributed by atoms with E-state index >= 15 is 0 Å². The van der Waals surface area contributed by atoms with E-state index in [-0.39, 0.29) is 0 Å². The van der Waals surface area contributed by atoms with Gasteiger partial charge in [-0.25, -0.2) is 0 Å². The Kier molecular flexibility index (Phi) is 5.49. The summed E-state index contributed by atoms with van der Waals surface area (Å²) in [6.45, 7) is 6.58. The molecular weight excluding hydrogens is 254 g/mol. The predicted molar refractivity (Wildman–Crippen MR) is 77.3 cm³/mol. The van der Waals surface area contributed by atoms with Gasteiger partial charge in [-0.2, -0.15) is 0 Å². The molecule has 0 unspecified atom stereocenters. The normalized spacial score (nSPS) is 10.9. The molecule has 0 bridgehead atoms. The first kappa shape index (κ1) is 14.5. The zero-order valence-electron chi connectivity index (χ0n) is 12.0.